The predicted molar refractivity (Wildman–Crippen MR) is 98.5 cm³/mol. The van der Waals surface area contributed by atoms with Crippen LogP contribution >= 0.6 is 11.3 Å². The molecule has 1 aromatic carbocycles. The number of thiophene rings is 1. The summed E-state index contributed by atoms with van der Waals surface area (Å²) in [5.74, 6) is 1.18. The summed E-state index contributed by atoms with van der Waals surface area (Å²) in [5, 5.41) is 19.4. The molecular formula is C17H22N4O2S. The Morgan fingerprint density at radius 2 is 2.17 bits per heavy atom. The van der Waals surface area contributed by atoms with Crippen molar-refractivity contribution in [2.24, 2.45) is 10.9 Å². The molecule has 2 rings (SSSR count). The molecule has 0 saturated heterocycles. The van der Waals surface area contributed by atoms with Gasteiger partial charge in [0.05, 0.1) is 4.92 Å². The fourth-order valence-electron chi connectivity index (χ4n) is 2.30. The lowest BCUT2D eigenvalue weighted by Crippen LogP contribution is -2.39. The summed E-state index contributed by atoms with van der Waals surface area (Å²) in [7, 11) is 1.71. The van der Waals surface area contributed by atoms with Crippen molar-refractivity contribution in [3.63, 3.8) is 0 Å². The maximum absolute atomic E-state index is 10.8. The summed E-state index contributed by atoms with van der Waals surface area (Å²) in [6.45, 7) is 3.49. The summed E-state index contributed by atoms with van der Waals surface area (Å²) in [6, 6.07) is 10.8. The van der Waals surface area contributed by atoms with Crippen molar-refractivity contribution >= 4 is 23.0 Å². The molecule has 1 unspecified atom stereocenters. The Morgan fingerprint density at radius 3 is 2.83 bits per heavy atom. The second-order valence-corrected chi connectivity index (χ2v) is 6.65. The topological polar surface area (TPSA) is 79.6 Å². The lowest BCUT2D eigenvalue weighted by atomic mass is 10.1. The van der Waals surface area contributed by atoms with E-state index in [0.717, 1.165) is 18.5 Å². The van der Waals surface area contributed by atoms with Crippen molar-refractivity contribution in [2.75, 3.05) is 13.6 Å². The van der Waals surface area contributed by atoms with Crippen LogP contribution in [0.2, 0.25) is 0 Å². The van der Waals surface area contributed by atoms with E-state index in [1.165, 1.54) is 10.9 Å². The molecule has 128 valence electrons. The summed E-state index contributed by atoms with van der Waals surface area (Å²) >= 11 is 1.77. The molecule has 0 amide bonds. The van der Waals surface area contributed by atoms with Gasteiger partial charge in [0.1, 0.15) is 0 Å². The van der Waals surface area contributed by atoms with E-state index in [1.807, 2.05) is 6.07 Å². The van der Waals surface area contributed by atoms with Crippen LogP contribution in [0.5, 0.6) is 0 Å². The first-order chi connectivity index (χ1) is 11.6. The van der Waals surface area contributed by atoms with Gasteiger partial charge >= 0.3 is 0 Å². The second kappa shape index (κ2) is 9.02. The first kappa shape index (κ1) is 17.9. The number of aliphatic imine (C=N–C) groups is 1. The molecule has 0 radical (unpaired) electrons. The molecule has 0 saturated carbocycles. The monoisotopic (exact) mass is 346 g/mol. The Morgan fingerprint density at radius 1 is 1.33 bits per heavy atom. The SMILES string of the molecule is CN=C(NCc1cccc([N+](=O)[O-])c1)NCC(C)Cc1cccs1. The largest absolute Gasteiger partial charge is 0.356 e. The molecule has 1 aromatic heterocycles. The number of nitrogens with one attached hydrogen (secondary N) is 2. The number of guanidine groups is 1. The average molecular weight is 346 g/mol. The van der Waals surface area contributed by atoms with Crippen LogP contribution in [-0.4, -0.2) is 24.5 Å². The van der Waals surface area contributed by atoms with E-state index < -0.39 is 0 Å². The van der Waals surface area contributed by atoms with Crippen molar-refractivity contribution < 1.29 is 4.92 Å². The van der Waals surface area contributed by atoms with Crippen LogP contribution in [0.15, 0.2) is 46.8 Å². The molecule has 6 nitrogen and oxygen atoms in total. The summed E-state index contributed by atoms with van der Waals surface area (Å²) < 4.78 is 0. The molecule has 7 heteroatoms. The van der Waals surface area contributed by atoms with Gasteiger partial charge in [0.15, 0.2) is 5.96 Å². The molecule has 0 bridgehead atoms. The van der Waals surface area contributed by atoms with E-state index in [4.69, 9.17) is 0 Å². The van der Waals surface area contributed by atoms with E-state index in [0.29, 0.717) is 18.4 Å². The van der Waals surface area contributed by atoms with Gasteiger partial charge in [-0.3, -0.25) is 15.1 Å². The molecule has 24 heavy (non-hydrogen) atoms. The average Bonchev–Trinajstić information content (AvgIpc) is 3.08. The van der Waals surface area contributed by atoms with Crippen molar-refractivity contribution in [1.82, 2.24) is 10.6 Å². The van der Waals surface area contributed by atoms with E-state index in [9.17, 15) is 10.1 Å². The van der Waals surface area contributed by atoms with Crippen LogP contribution < -0.4 is 10.6 Å². The van der Waals surface area contributed by atoms with Gasteiger partial charge in [-0.2, -0.15) is 0 Å². The van der Waals surface area contributed by atoms with Crippen LogP contribution in [-0.2, 0) is 13.0 Å². The molecule has 0 fully saturated rings. The molecule has 0 aliphatic heterocycles. The predicted octanol–water partition coefficient (Wildman–Crippen LogP) is 3.20. The number of rotatable bonds is 7. The second-order valence-electron chi connectivity index (χ2n) is 5.62. The summed E-state index contributed by atoms with van der Waals surface area (Å²) in [4.78, 5) is 16.0. The normalized spacial score (nSPS) is 12.7. The van der Waals surface area contributed by atoms with Gasteiger partial charge in [-0.25, -0.2) is 0 Å². The van der Waals surface area contributed by atoms with Gasteiger partial charge < -0.3 is 10.6 Å². The van der Waals surface area contributed by atoms with Gasteiger partial charge in [-0.15, -0.1) is 11.3 Å². The minimum atomic E-state index is -0.386. The minimum absolute atomic E-state index is 0.0989. The smallest absolute Gasteiger partial charge is 0.269 e. The molecule has 2 N–H and O–H groups in total. The van der Waals surface area contributed by atoms with Gasteiger partial charge in [0, 0.05) is 37.1 Å². The Labute approximate surface area is 145 Å². The van der Waals surface area contributed by atoms with Gasteiger partial charge in [-0.1, -0.05) is 25.1 Å². The number of nitro benzene ring substituents is 1. The fraction of sp³-hybridized carbons (Fsp3) is 0.353. The van der Waals surface area contributed by atoms with Crippen LogP contribution in [0, 0.1) is 16.0 Å². The van der Waals surface area contributed by atoms with Crippen LogP contribution in [0.25, 0.3) is 0 Å². The zero-order valence-corrected chi connectivity index (χ0v) is 14.7. The molecule has 0 aliphatic carbocycles. The zero-order chi connectivity index (χ0) is 17.4. The molecular weight excluding hydrogens is 324 g/mol. The Kier molecular flexibility index (Phi) is 6.74. The minimum Gasteiger partial charge on any atom is -0.356 e. The van der Waals surface area contributed by atoms with E-state index in [-0.39, 0.29) is 10.6 Å². The Hall–Kier alpha value is -2.41. The number of hydrogen-bond donors (Lipinski definition) is 2. The van der Waals surface area contributed by atoms with E-state index in [2.05, 4.69) is 40.1 Å². The number of hydrogen-bond acceptors (Lipinski definition) is 4. The van der Waals surface area contributed by atoms with E-state index >= 15 is 0 Å². The summed E-state index contributed by atoms with van der Waals surface area (Å²) in [6.07, 6.45) is 1.03. The van der Waals surface area contributed by atoms with Gasteiger partial charge in [0.25, 0.3) is 5.69 Å². The lowest BCUT2D eigenvalue weighted by molar-refractivity contribution is -0.384. The maximum atomic E-state index is 10.8. The highest BCUT2D eigenvalue weighted by Gasteiger charge is 2.08. The highest BCUT2D eigenvalue weighted by atomic mass is 32.1. The fourth-order valence-corrected chi connectivity index (χ4v) is 3.17. The van der Waals surface area contributed by atoms with Crippen molar-refractivity contribution in [3.05, 3.63) is 62.3 Å². The van der Waals surface area contributed by atoms with Gasteiger partial charge in [-0.05, 0) is 29.3 Å². The Balaban J connectivity index is 1.80. The molecule has 0 aliphatic rings. The third kappa shape index (κ3) is 5.66. The summed E-state index contributed by atoms with van der Waals surface area (Å²) in [5.41, 5.74) is 0.945. The van der Waals surface area contributed by atoms with Crippen LogP contribution in [0.1, 0.15) is 17.4 Å². The highest BCUT2D eigenvalue weighted by Crippen LogP contribution is 2.14. The first-order valence-corrected chi connectivity index (χ1v) is 8.66. The number of nitrogens with zero attached hydrogens (tertiary/aromatic N) is 2. The van der Waals surface area contributed by atoms with Crippen molar-refractivity contribution in [3.8, 4) is 0 Å². The quantitative estimate of drug-likeness (QED) is 0.349. The third-order valence-electron chi connectivity index (χ3n) is 3.55. The van der Waals surface area contributed by atoms with Crippen molar-refractivity contribution in [2.45, 2.75) is 19.9 Å². The number of non-ortho nitro benzene ring substituents is 1. The lowest BCUT2D eigenvalue weighted by Gasteiger charge is -2.15. The van der Waals surface area contributed by atoms with Gasteiger partial charge in [0.2, 0.25) is 0 Å². The maximum Gasteiger partial charge on any atom is 0.269 e. The molecule has 1 atom stereocenters. The Bertz CT molecular complexity index is 686. The molecule has 2 aromatic rings. The van der Waals surface area contributed by atoms with E-state index in [1.54, 1.807) is 30.5 Å². The molecule has 1 heterocycles. The number of nitro groups is 1. The zero-order valence-electron chi connectivity index (χ0n) is 13.9. The van der Waals surface area contributed by atoms with Crippen molar-refractivity contribution in [1.29, 1.82) is 0 Å². The standard InChI is InChI=1S/C17H22N4O2S/c1-13(9-16-7-4-8-24-16)11-19-17(18-2)20-12-14-5-3-6-15(10-14)21(22)23/h3-8,10,13H,9,11-12H2,1-2H3,(H2,18,19,20). The van der Waals surface area contributed by atoms with Crippen LogP contribution in [0.4, 0.5) is 5.69 Å². The van der Waals surface area contributed by atoms with Crippen LogP contribution in [0.3, 0.4) is 0 Å². The third-order valence-corrected chi connectivity index (χ3v) is 4.45. The highest BCUT2D eigenvalue weighted by molar-refractivity contribution is 7.09. The first-order valence-electron chi connectivity index (χ1n) is 7.78. The number of benzene rings is 1. The molecule has 0 spiro atoms.